The molecule has 0 amide bonds. The Balaban J connectivity index is 1.99. The maximum atomic E-state index is 10.9. The minimum absolute atomic E-state index is 0.00774. The van der Waals surface area contributed by atoms with E-state index in [1.54, 1.807) is 25.4 Å². The first-order valence-electron chi connectivity index (χ1n) is 6.04. The second-order valence-electron chi connectivity index (χ2n) is 4.41. The van der Waals surface area contributed by atoms with Crippen LogP contribution in [0, 0.1) is 6.92 Å². The summed E-state index contributed by atoms with van der Waals surface area (Å²) in [6.07, 6.45) is 3.49. The highest BCUT2D eigenvalue weighted by atomic mass is 16.4. The van der Waals surface area contributed by atoms with Crippen molar-refractivity contribution < 1.29 is 14.3 Å². The van der Waals surface area contributed by atoms with Crippen molar-refractivity contribution in [2.24, 2.45) is 0 Å². The number of carboxylic acid groups (broad SMARTS) is 1. The highest BCUT2D eigenvalue weighted by Gasteiger charge is 2.14. The summed E-state index contributed by atoms with van der Waals surface area (Å²) in [6.45, 7) is 4.24. The van der Waals surface area contributed by atoms with Gasteiger partial charge in [-0.15, -0.1) is 0 Å². The van der Waals surface area contributed by atoms with Crippen LogP contribution < -0.4 is 5.32 Å². The normalized spacial score (nSPS) is 12.3. The number of aromatic carboxylic acids is 1. The number of carboxylic acids is 1. The molecule has 2 aromatic heterocycles. The average molecular weight is 260 g/mol. The van der Waals surface area contributed by atoms with Gasteiger partial charge in [-0.3, -0.25) is 4.98 Å². The Morgan fingerprint density at radius 2 is 2.16 bits per heavy atom. The summed E-state index contributed by atoms with van der Waals surface area (Å²) in [5, 5.41) is 12.2. The minimum Gasteiger partial charge on any atom is -0.475 e. The van der Waals surface area contributed by atoms with Crippen LogP contribution in [0.1, 0.15) is 40.4 Å². The number of aromatic nitrogens is 1. The van der Waals surface area contributed by atoms with Gasteiger partial charge in [-0.05, 0) is 37.6 Å². The third kappa shape index (κ3) is 3.20. The third-order valence-corrected chi connectivity index (χ3v) is 2.95. The standard InChI is InChI=1S/C14H16N2O3/c1-9-7-12(19-13(9)14(17)18)8-16-10(2)11-3-5-15-6-4-11/h3-7,10,16H,8H2,1-2H3,(H,17,18). The zero-order valence-corrected chi connectivity index (χ0v) is 10.9. The Labute approximate surface area is 111 Å². The van der Waals surface area contributed by atoms with Crippen LogP contribution in [-0.4, -0.2) is 16.1 Å². The summed E-state index contributed by atoms with van der Waals surface area (Å²) in [5.74, 6) is -0.407. The van der Waals surface area contributed by atoms with Gasteiger partial charge in [0.05, 0.1) is 6.54 Å². The summed E-state index contributed by atoms with van der Waals surface area (Å²) >= 11 is 0. The van der Waals surface area contributed by atoms with Gasteiger partial charge in [-0.2, -0.15) is 0 Å². The first-order chi connectivity index (χ1) is 9.08. The first kappa shape index (κ1) is 13.3. The molecule has 5 nitrogen and oxygen atoms in total. The molecule has 2 heterocycles. The van der Waals surface area contributed by atoms with E-state index in [2.05, 4.69) is 10.3 Å². The summed E-state index contributed by atoms with van der Waals surface area (Å²) in [5.41, 5.74) is 1.76. The Morgan fingerprint density at radius 1 is 1.47 bits per heavy atom. The topological polar surface area (TPSA) is 75.4 Å². The molecular weight excluding hydrogens is 244 g/mol. The van der Waals surface area contributed by atoms with Crippen LogP contribution in [0.4, 0.5) is 0 Å². The number of furan rings is 1. The molecule has 19 heavy (non-hydrogen) atoms. The zero-order chi connectivity index (χ0) is 13.8. The van der Waals surface area contributed by atoms with E-state index in [0.29, 0.717) is 17.9 Å². The smallest absolute Gasteiger partial charge is 0.372 e. The van der Waals surface area contributed by atoms with Crippen molar-refractivity contribution in [3.05, 3.63) is 53.2 Å². The quantitative estimate of drug-likeness (QED) is 0.864. The molecule has 2 aromatic rings. The van der Waals surface area contributed by atoms with Crippen LogP contribution in [0.3, 0.4) is 0 Å². The van der Waals surface area contributed by atoms with E-state index in [9.17, 15) is 4.79 Å². The summed E-state index contributed by atoms with van der Waals surface area (Å²) in [4.78, 5) is 14.8. The van der Waals surface area contributed by atoms with Gasteiger partial charge in [-0.1, -0.05) is 0 Å². The van der Waals surface area contributed by atoms with E-state index in [4.69, 9.17) is 9.52 Å². The van der Waals surface area contributed by atoms with Gasteiger partial charge >= 0.3 is 5.97 Å². The molecule has 0 aliphatic rings. The molecule has 100 valence electrons. The van der Waals surface area contributed by atoms with E-state index in [1.165, 1.54) is 0 Å². The van der Waals surface area contributed by atoms with E-state index < -0.39 is 5.97 Å². The highest BCUT2D eigenvalue weighted by molar-refractivity contribution is 5.86. The van der Waals surface area contributed by atoms with Crippen LogP contribution in [0.15, 0.2) is 35.0 Å². The molecule has 0 saturated heterocycles. The van der Waals surface area contributed by atoms with Crippen LogP contribution in [-0.2, 0) is 6.54 Å². The lowest BCUT2D eigenvalue weighted by atomic mass is 10.1. The largest absolute Gasteiger partial charge is 0.475 e. The van der Waals surface area contributed by atoms with Gasteiger partial charge in [-0.25, -0.2) is 4.79 Å². The van der Waals surface area contributed by atoms with Gasteiger partial charge in [0.25, 0.3) is 0 Å². The van der Waals surface area contributed by atoms with Gasteiger partial charge in [0.2, 0.25) is 5.76 Å². The van der Waals surface area contributed by atoms with E-state index in [0.717, 1.165) is 5.56 Å². The maximum absolute atomic E-state index is 10.9. The molecule has 0 fully saturated rings. The lowest BCUT2D eigenvalue weighted by Gasteiger charge is -2.12. The number of pyridine rings is 1. The maximum Gasteiger partial charge on any atom is 0.372 e. The predicted octanol–water partition coefficient (Wildman–Crippen LogP) is 2.53. The fourth-order valence-corrected chi connectivity index (χ4v) is 1.87. The number of hydrogen-bond acceptors (Lipinski definition) is 4. The second kappa shape index (κ2) is 5.67. The molecule has 0 bridgehead atoms. The molecule has 2 N–H and O–H groups in total. The van der Waals surface area contributed by atoms with Crippen molar-refractivity contribution in [3.63, 3.8) is 0 Å². The zero-order valence-electron chi connectivity index (χ0n) is 10.9. The number of rotatable bonds is 5. The molecule has 1 unspecified atom stereocenters. The highest BCUT2D eigenvalue weighted by Crippen LogP contribution is 2.16. The van der Waals surface area contributed by atoms with Crippen LogP contribution in [0.5, 0.6) is 0 Å². The number of nitrogens with one attached hydrogen (secondary N) is 1. The summed E-state index contributed by atoms with van der Waals surface area (Å²) < 4.78 is 5.29. The number of nitrogens with zero attached hydrogens (tertiary/aromatic N) is 1. The molecule has 0 aliphatic heterocycles. The van der Waals surface area contributed by atoms with Gasteiger partial charge in [0.1, 0.15) is 5.76 Å². The molecule has 5 heteroatoms. The molecule has 1 atom stereocenters. The Kier molecular flexibility index (Phi) is 3.97. The van der Waals surface area contributed by atoms with Gasteiger partial charge < -0.3 is 14.8 Å². The van der Waals surface area contributed by atoms with Crippen LogP contribution in [0.25, 0.3) is 0 Å². The first-order valence-corrected chi connectivity index (χ1v) is 6.04. The minimum atomic E-state index is -1.04. The van der Waals surface area contributed by atoms with Crippen molar-refractivity contribution in [3.8, 4) is 0 Å². The Bertz CT molecular complexity index is 563. The lowest BCUT2D eigenvalue weighted by Crippen LogP contribution is -2.17. The molecule has 0 spiro atoms. The van der Waals surface area contributed by atoms with Crippen molar-refractivity contribution in [1.82, 2.24) is 10.3 Å². The molecule has 0 aliphatic carbocycles. The monoisotopic (exact) mass is 260 g/mol. The van der Waals surface area contributed by atoms with E-state index in [1.807, 2.05) is 19.1 Å². The summed E-state index contributed by atoms with van der Waals surface area (Å²) in [7, 11) is 0. The van der Waals surface area contributed by atoms with Crippen molar-refractivity contribution in [2.75, 3.05) is 0 Å². The predicted molar refractivity (Wildman–Crippen MR) is 69.9 cm³/mol. The molecular formula is C14H16N2O3. The molecule has 0 saturated carbocycles. The SMILES string of the molecule is Cc1cc(CNC(C)c2ccncc2)oc1C(=O)O. The number of carbonyl (C=O) groups is 1. The van der Waals surface area contributed by atoms with E-state index >= 15 is 0 Å². The Morgan fingerprint density at radius 3 is 2.74 bits per heavy atom. The van der Waals surface area contributed by atoms with Crippen molar-refractivity contribution in [1.29, 1.82) is 0 Å². The van der Waals surface area contributed by atoms with Crippen molar-refractivity contribution >= 4 is 5.97 Å². The van der Waals surface area contributed by atoms with Crippen molar-refractivity contribution in [2.45, 2.75) is 26.4 Å². The van der Waals surface area contributed by atoms with Crippen LogP contribution in [0.2, 0.25) is 0 Å². The fraction of sp³-hybridized carbons (Fsp3) is 0.286. The van der Waals surface area contributed by atoms with E-state index in [-0.39, 0.29) is 11.8 Å². The van der Waals surface area contributed by atoms with Crippen LogP contribution >= 0.6 is 0 Å². The fourth-order valence-electron chi connectivity index (χ4n) is 1.87. The number of hydrogen-bond donors (Lipinski definition) is 2. The number of aryl methyl sites for hydroxylation is 1. The van der Waals surface area contributed by atoms with Gasteiger partial charge in [0.15, 0.2) is 0 Å². The second-order valence-corrected chi connectivity index (χ2v) is 4.41. The third-order valence-electron chi connectivity index (χ3n) is 2.95. The summed E-state index contributed by atoms with van der Waals surface area (Å²) in [6, 6.07) is 5.76. The average Bonchev–Trinajstić information content (AvgIpc) is 2.78. The Hall–Kier alpha value is -2.14. The lowest BCUT2D eigenvalue weighted by molar-refractivity contribution is 0.0659. The molecule has 2 rings (SSSR count). The van der Waals surface area contributed by atoms with Gasteiger partial charge in [0, 0.05) is 24.0 Å². The molecule has 0 radical (unpaired) electrons. The molecule has 0 aromatic carbocycles.